The number of benzene rings is 2. The van der Waals surface area contributed by atoms with E-state index >= 15 is 0 Å². The van der Waals surface area contributed by atoms with Crippen LogP contribution in [0, 0.1) is 11.3 Å². The SMILES string of the molecule is N#CC1(NC(=O)C(Cc2nc3ccc(C(F)(F)F)cc3o2)NC(=O)C(CCl)c2ccccc2)CC1. The summed E-state index contributed by atoms with van der Waals surface area (Å²) in [5.41, 5.74) is -1.16. The molecule has 11 heteroatoms. The molecule has 0 saturated heterocycles. The minimum Gasteiger partial charge on any atom is -0.441 e. The largest absolute Gasteiger partial charge is 0.441 e. The van der Waals surface area contributed by atoms with Crippen LogP contribution in [0.1, 0.15) is 35.8 Å². The van der Waals surface area contributed by atoms with Crippen molar-refractivity contribution in [1.82, 2.24) is 15.6 Å². The van der Waals surface area contributed by atoms with E-state index < -0.39 is 41.1 Å². The van der Waals surface area contributed by atoms with Gasteiger partial charge in [-0.2, -0.15) is 18.4 Å². The number of halogens is 4. The average Bonchev–Trinajstić information content (AvgIpc) is 3.48. The van der Waals surface area contributed by atoms with Gasteiger partial charge in [-0.3, -0.25) is 9.59 Å². The van der Waals surface area contributed by atoms with Gasteiger partial charge in [0.2, 0.25) is 11.8 Å². The lowest BCUT2D eigenvalue weighted by Crippen LogP contribution is -2.52. The minimum absolute atomic E-state index is 0.0382. The lowest BCUT2D eigenvalue weighted by Gasteiger charge is -2.22. The van der Waals surface area contributed by atoms with Crippen molar-refractivity contribution in [3.63, 3.8) is 0 Å². The number of alkyl halides is 4. The van der Waals surface area contributed by atoms with E-state index in [1.807, 2.05) is 6.07 Å². The topological polar surface area (TPSA) is 108 Å². The number of carbonyl (C=O) groups is 2. The Kier molecular flexibility index (Phi) is 6.72. The molecule has 1 saturated carbocycles. The molecule has 0 spiro atoms. The van der Waals surface area contributed by atoms with Gasteiger partial charge in [0.05, 0.1) is 24.0 Å². The Morgan fingerprint density at radius 2 is 1.89 bits per heavy atom. The zero-order valence-corrected chi connectivity index (χ0v) is 19.0. The van der Waals surface area contributed by atoms with Crippen molar-refractivity contribution in [2.75, 3.05) is 5.88 Å². The summed E-state index contributed by atoms with van der Waals surface area (Å²) in [5, 5.41) is 14.6. The zero-order valence-electron chi connectivity index (χ0n) is 18.2. The second-order valence-corrected chi connectivity index (χ2v) is 8.66. The first-order valence-corrected chi connectivity index (χ1v) is 11.3. The molecule has 0 bridgehead atoms. The summed E-state index contributed by atoms with van der Waals surface area (Å²) >= 11 is 6.04. The molecule has 2 N–H and O–H groups in total. The molecule has 2 atom stereocenters. The molecule has 4 rings (SSSR count). The summed E-state index contributed by atoms with van der Waals surface area (Å²) in [6, 6.07) is 12.5. The van der Waals surface area contributed by atoms with Gasteiger partial charge in [0, 0.05) is 5.88 Å². The molecule has 1 heterocycles. The van der Waals surface area contributed by atoms with Crippen LogP contribution in [0.4, 0.5) is 13.2 Å². The van der Waals surface area contributed by atoms with Gasteiger partial charge in [0.1, 0.15) is 17.1 Å². The number of hydrogen-bond donors (Lipinski definition) is 2. The van der Waals surface area contributed by atoms with Gasteiger partial charge in [-0.25, -0.2) is 4.98 Å². The zero-order chi connectivity index (χ0) is 25.2. The third kappa shape index (κ3) is 5.57. The Morgan fingerprint density at radius 1 is 1.17 bits per heavy atom. The molecule has 1 aliphatic rings. The predicted octanol–water partition coefficient (Wildman–Crippen LogP) is 4.07. The highest BCUT2D eigenvalue weighted by Crippen LogP contribution is 2.35. The number of hydrogen-bond acceptors (Lipinski definition) is 5. The second-order valence-electron chi connectivity index (χ2n) is 8.35. The van der Waals surface area contributed by atoms with Gasteiger partial charge < -0.3 is 15.1 Å². The van der Waals surface area contributed by atoms with E-state index in [4.69, 9.17) is 16.0 Å². The van der Waals surface area contributed by atoms with Gasteiger partial charge in [0.25, 0.3) is 0 Å². The van der Waals surface area contributed by atoms with E-state index in [2.05, 4.69) is 15.6 Å². The molecule has 182 valence electrons. The fourth-order valence-corrected chi connectivity index (χ4v) is 3.92. The van der Waals surface area contributed by atoms with Crippen molar-refractivity contribution in [2.45, 2.75) is 42.9 Å². The molecule has 2 unspecified atom stereocenters. The molecule has 0 radical (unpaired) electrons. The van der Waals surface area contributed by atoms with E-state index in [0.717, 1.165) is 12.1 Å². The number of rotatable bonds is 8. The minimum atomic E-state index is -4.55. The summed E-state index contributed by atoms with van der Waals surface area (Å²) in [5.74, 6) is -1.99. The van der Waals surface area contributed by atoms with Crippen molar-refractivity contribution in [3.8, 4) is 6.07 Å². The van der Waals surface area contributed by atoms with Gasteiger partial charge >= 0.3 is 6.18 Å². The highest BCUT2D eigenvalue weighted by molar-refractivity contribution is 6.20. The lowest BCUT2D eigenvalue weighted by molar-refractivity contribution is -0.137. The maximum Gasteiger partial charge on any atom is 0.416 e. The van der Waals surface area contributed by atoms with Crippen LogP contribution in [0.25, 0.3) is 11.1 Å². The number of nitriles is 1. The predicted molar refractivity (Wildman–Crippen MR) is 120 cm³/mol. The fourth-order valence-electron chi connectivity index (χ4n) is 3.60. The van der Waals surface area contributed by atoms with Gasteiger partial charge in [-0.15, -0.1) is 11.6 Å². The quantitative estimate of drug-likeness (QED) is 0.450. The van der Waals surface area contributed by atoms with Crippen LogP contribution in [0.3, 0.4) is 0 Å². The summed E-state index contributed by atoms with van der Waals surface area (Å²) in [6.07, 6.45) is -3.83. The number of carbonyl (C=O) groups excluding carboxylic acids is 2. The first-order chi connectivity index (χ1) is 16.6. The maximum atomic E-state index is 13.0. The highest BCUT2D eigenvalue weighted by Gasteiger charge is 2.46. The molecule has 2 amide bonds. The number of nitrogens with one attached hydrogen (secondary N) is 2. The van der Waals surface area contributed by atoms with E-state index in [1.165, 1.54) is 6.07 Å². The monoisotopic (exact) mass is 504 g/mol. The average molecular weight is 505 g/mol. The van der Waals surface area contributed by atoms with Gasteiger partial charge in [0.15, 0.2) is 11.5 Å². The summed E-state index contributed by atoms with van der Waals surface area (Å²) < 4.78 is 44.6. The lowest BCUT2D eigenvalue weighted by atomic mass is 9.99. The molecule has 2 aromatic carbocycles. The van der Waals surface area contributed by atoms with E-state index in [0.29, 0.717) is 18.4 Å². The standard InChI is InChI=1S/C24H20ClF3N4O3/c25-12-16(14-4-2-1-3-5-14)21(33)31-18(22(34)32-23(13-29)8-9-23)11-20-30-17-7-6-15(24(26,27)28)10-19(17)35-20/h1-7,10,16,18H,8-9,11-12H2,(H,31,33)(H,32,34). The summed E-state index contributed by atoms with van der Waals surface area (Å²) in [6.45, 7) is 0. The number of oxazole rings is 1. The van der Waals surface area contributed by atoms with Gasteiger partial charge in [-0.05, 0) is 36.6 Å². The molecular weight excluding hydrogens is 485 g/mol. The Morgan fingerprint density at radius 3 is 2.49 bits per heavy atom. The van der Waals surface area contributed by atoms with Crippen molar-refractivity contribution in [1.29, 1.82) is 5.26 Å². The molecule has 1 aliphatic carbocycles. The van der Waals surface area contributed by atoms with Crippen LogP contribution >= 0.6 is 11.6 Å². The molecule has 7 nitrogen and oxygen atoms in total. The van der Waals surface area contributed by atoms with Crippen molar-refractivity contribution in [2.24, 2.45) is 0 Å². The molecule has 1 fully saturated rings. The first-order valence-electron chi connectivity index (χ1n) is 10.8. The third-order valence-electron chi connectivity index (χ3n) is 5.77. The van der Waals surface area contributed by atoms with Crippen LogP contribution in [0.2, 0.25) is 0 Å². The Bertz CT molecular complexity index is 1280. The molecule has 1 aromatic heterocycles. The molecule has 3 aromatic rings. The van der Waals surface area contributed by atoms with E-state index in [-0.39, 0.29) is 29.3 Å². The van der Waals surface area contributed by atoms with Crippen LogP contribution < -0.4 is 10.6 Å². The number of fused-ring (bicyclic) bond motifs is 1. The maximum absolute atomic E-state index is 13.0. The second kappa shape index (κ2) is 9.58. The van der Waals surface area contributed by atoms with Crippen molar-refractivity contribution in [3.05, 3.63) is 65.5 Å². The normalized spacial score (nSPS) is 16.2. The highest BCUT2D eigenvalue weighted by atomic mass is 35.5. The Hall–Kier alpha value is -3.58. The fraction of sp³-hybridized carbons (Fsp3) is 0.333. The first kappa shape index (κ1) is 24.5. The third-order valence-corrected chi connectivity index (χ3v) is 6.08. The van der Waals surface area contributed by atoms with Crippen molar-refractivity contribution >= 4 is 34.5 Å². The molecule has 35 heavy (non-hydrogen) atoms. The van der Waals surface area contributed by atoms with Crippen LogP contribution in [-0.4, -0.2) is 34.3 Å². The van der Waals surface area contributed by atoms with Crippen LogP contribution in [-0.2, 0) is 22.2 Å². The van der Waals surface area contributed by atoms with E-state index in [9.17, 15) is 28.0 Å². The van der Waals surface area contributed by atoms with E-state index in [1.54, 1.807) is 30.3 Å². The molecular formula is C24H20ClF3N4O3. The van der Waals surface area contributed by atoms with Gasteiger partial charge in [-0.1, -0.05) is 30.3 Å². The summed E-state index contributed by atoms with van der Waals surface area (Å²) in [7, 11) is 0. The molecule has 0 aliphatic heterocycles. The number of aromatic nitrogens is 1. The van der Waals surface area contributed by atoms with Crippen LogP contribution in [0.5, 0.6) is 0 Å². The Balaban J connectivity index is 1.59. The smallest absolute Gasteiger partial charge is 0.416 e. The Labute approximate surface area is 203 Å². The number of nitrogens with zero attached hydrogens (tertiary/aromatic N) is 2. The summed E-state index contributed by atoms with van der Waals surface area (Å²) in [4.78, 5) is 30.2. The van der Waals surface area contributed by atoms with Crippen molar-refractivity contribution < 1.29 is 27.2 Å². The van der Waals surface area contributed by atoms with Crippen LogP contribution in [0.15, 0.2) is 52.9 Å². The number of amides is 2.